The van der Waals surface area contributed by atoms with E-state index >= 15 is 0 Å². The Morgan fingerprint density at radius 2 is 2.10 bits per heavy atom. The van der Waals surface area contributed by atoms with Gasteiger partial charge in [0, 0.05) is 11.5 Å². The highest BCUT2D eigenvalue weighted by Crippen LogP contribution is 2.30. The lowest BCUT2D eigenvalue weighted by Gasteiger charge is -2.09. The van der Waals surface area contributed by atoms with Gasteiger partial charge in [-0.2, -0.15) is 4.98 Å². The number of nitrogens with zero attached hydrogens (tertiary/aromatic N) is 2. The van der Waals surface area contributed by atoms with Gasteiger partial charge in [-0.3, -0.25) is 0 Å². The van der Waals surface area contributed by atoms with Crippen molar-refractivity contribution >= 4 is 54.9 Å². The first-order valence-corrected chi connectivity index (χ1v) is 7.49. The summed E-state index contributed by atoms with van der Waals surface area (Å²) in [5.41, 5.74) is 0.376. The summed E-state index contributed by atoms with van der Waals surface area (Å²) in [4.78, 5) is 9.54. The summed E-state index contributed by atoms with van der Waals surface area (Å²) in [6, 6.07) is 6.76. The molecule has 20 heavy (non-hydrogen) atoms. The quantitative estimate of drug-likeness (QED) is 0.734. The molecule has 2 N–H and O–H groups in total. The van der Waals surface area contributed by atoms with Crippen molar-refractivity contribution in [3.05, 3.63) is 39.9 Å². The third-order valence-electron chi connectivity index (χ3n) is 2.73. The van der Waals surface area contributed by atoms with Crippen molar-refractivity contribution in [3.8, 4) is 0 Å². The first kappa shape index (κ1) is 13.3. The number of aromatic nitrogens is 2. The van der Waals surface area contributed by atoms with Crippen molar-refractivity contribution in [1.29, 1.82) is 0 Å². The van der Waals surface area contributed by atoms with Gasteiger partial charge in [-0.25, -0.2) is 9.37 Å². The zero-order valence-electron chi connectivity index (χ0n) is 10.4. The molecular weight excluding hydrogens is 343 g/mol. The summed E-state index contributed by atoms with van der Waals surface area (Å²) in [6.45, 7) is 0. The van der Waals surface area contributed by atoms with Crippen molar-refractivity contribution in [2.75, 3.05) is 17.7 Å². The summed E-state index contributed by atoms with van der Waals surface area (Å²) in [5, 5.41) is 8.73. The topological polar surface area (TPSA) is 49.8 Å². The zero-order valence-corrected chi connectivity index (χ0v) is 12.8. The van der Waals surface area contributed by atoms with Crippen molar-refractivity contribution < 1.29 is 4.39 Å². The molecule has 3 rings (SSSR count). The van der Waals surface area contributed by atoms with Crippen LogP contribution in [-0.4, -0.2) is 17.0 Å². The molecule has 0 bridgehead atoms. The van der Waals surface area contributed by atoms with Gasteiger partial charge >= 0.3 is 0 Å². The number of fused-ring (bicyclic) bond motifs is 1. The molecule has 1 aromatic carbocycles. The summed E-state index contributed by atoms with van der Waals surface area (Å²) < 4.78 is 14.6. The smallest absolute Gasteiger partial charge is 0.225 e. The van der Waals surface area contributed by atoms with Crippen molar-refractivity contribution in [3.63, 3.8) is 0 Å². The van der Waals surface area contributed by atoms with E-state index in [9.17, 15) is 4.39 Å². The highest BCUT2D eigenvalue weighted by molar-refractivity contribution is 9.10. The molecule has 3 aromatic rings. The largest absolute Gasteiger partial charge is 0.357 e. The summed E-state index contributed by atoms with van der Waals surface area (Å²) in [5.74, 6) is 0.745. The van der Waals surface area contributed by atoms with Gasteiger partial charge in [-0.1, -0.05) is 15.9 Å². The maximum Gasteiger partial charge on any atom is 0.225 e. The van der Waals surface area contributed by atoms with Crippen LogP contribution in [-0.2, 0) is 0 Å². The Labute approximate surface area is 127 Å². The van der Waals surface area contributed by atoms with Crippen LogP contribution in [0.15, 0.2) is 34.1 Å². The predicted octanol–water partition coefficient (Wildman–Crippen LogP) is 4.38. The highest BCUT2D eigenvalue weighted by Gasteiger charge is 2.10. The van der Waals surface area contributed by atoms with Crippen LogP contribution in [0.2, 0.25) is 0 Å². The van der Waals surface area contributed by atoms with Gasteiger partial charge in [-0.15, -0.1) is 11.3 Å². The fourth-order valence-corrected chi connectivity index (χ4v) is 2.88. The molecule has 0 spiro atoms. The zero-order chi connectivity index (χ0) is 14.1. The lowest BCUT2D eigenvalue weighted by molar-refractivity contribution is 0.631. The minimum Gasteiger partial charge on any atom is -0.357 e. The molecule has 0 saturated carbocycles. The van der Waals surface area contributed by atoms with E-state index < -0.39 is 0 Å². The first-order chi connectivity index (χ1) is 9.67. The van der Waals surface area contributed by atoms with E-state index in [0.29, 0.717) is 21.9 Å². The monoisotopic (exact) mass is 352 g/mol. The first-order valence-electron chi connectivity index (χ1n) is 5.82. The average molecular weight is 353 g/mol. The standard InChI is InChI=1S/C13H10BrFN4S/c1-16-13-18-11(8-4-5-20-12(8)19-13)17-10-3-2-7(14)6-9(10)15/h2-6H,1H3,(H2,16,17,18,19). The van der Waals surface area contributed by atoms with E-state index in [1.54, 1.807) is 19.2 Å². The van der Waals surface area contributed by atoms with Crippen LogP contribution in [0.4, 0.5) is 21.8 Å². The summed E-state index contributed by atoms with van der Waals surface area (Å²) in [6.07, 6.45) is 0. The Balaban J connectivity index is 2.07. The lowest BCUT2D eigenvalue weighted by Crippen LogP contribution is -2.01. The lowest BCUT2D eigenvalue weighted by atomic mass is 10.3. The molecule has 102 valence electrons. The maximum atomic E-state index is 13.9. The molecular formula is C13H10BrFN4S. The average Bonchev–Trinajstić information content (AvgIpc) is 2.90. The van der Waals surface area contributed by atoms with Crippen LogP contribution < -0.4 is 10.6 Å². The van der Waals surface area contributed by atoms with Gasteiger partial charge in [-0.05, 0) is 29.6 Å². The van der Waals surface area contributed by atoms with Gasteiger partial charge in [0.25, 0.3) is 0 Å². The molecule has 2 aromatic heterocycles. The van der Waals surface area contributed by atoms with E-state index in [1.165, 1.54) is 17.4 Å². The van der Waals surface area contributed by atoms with Crippen molar-refractivity contribution in [2.24, 2.45) is 0 Å². The van der Waals surface area contributed by atoms with E-state index in [1.807, 2.05) is 11.4 Å². The molecule has 0 aliphatic rings. The minimum absolute atomic E-state index is 0.340. The molecule has 4 nitrogen and oxygen atoms in total. The Bertz CT molecular complexity index is 774. The number of anilines is 3. The molecule has 0 unspecified atom stereocenters. The minimum atomic E-state index is -0.340. The van der Waals surface area contributed by atoms with Gasteiger partial charge in [0.2, 0.25) is 5.95 Å². The van der Waals surface area contributed by atoms with Crippen LogP contribution in [0.1, 0.15) is 0 Å². The number of thiophene rings is 1. The molecule has 0 amide bonds. The maximum absolute atomic E-state index is 13.9. The molecule has 0 radical (unpaired) electrons. The number of benzene rings is 1. The normalized spacial score (nSPS) is 10.8. The number of nitrogens with one attached hydrogen (secondary N) is 2. The highest BCUT2D eigenvalue weighted by atomic mass is 79.9. The Morgan fingerprint density at radius 3 is 2.85 bits per heavy atom. The summed E-state index contributed by atoms with van der Waals surface area (Å²) >= 11 is 4.75. The SMILES string of the molecule is CNc1nc(Nc2ccc(Br)cc2F)c2ccsc2n1. The van der Waals surface area contributed by atoms with E-state index in [4.69, 9.17) is 0 Å². The number of hydrogen-bond donors (Lipinski definition) is 2. The summed E-state index contributed by atoms with van der Waals surface area (Å²) in [7, 11) is 1.75. The fourth-order valence-electron chi connectivity index (χ4n) is 1.78. The van der Waals surface area contributed by atoms with Gasteiger partial charge in [0.05, 0.1) is 11.1 Å². The molecule has 0 saturated heterocycles. The van der Waals surface area contributed by atoms with Crippen LogP contribution >= 0.6 is 27.3 Å². The van der Waals surface area contributed by atoms with Crippen molar-refractivity contribution in [1.82, 2.24) is 9.97 Å². The van der Waals surface area contributed by atoms with Crippen LogP contribution in [0.5, 0.6) is 0 Å². The molecule has 0 aliphatic carbocycles. The number of halogens is 2. The third-order valence-corrected chi connectivity index (χ3v) is 4.03. The second kappa shape index (κ2) is 5.34. The molecule has 2 heterocycles. The van der Waals surface area contributed by atoms with Crippen molar-refractivity contribution in [2.45, 2.75) is 0 Å². The fraction of sp³-hybridized carbons (Fsp3) is 0.0769. The number of hydrogen-bond acceptors (Lipinski definition) is 5. The van der Waals surface area contributed by atoms with Gasteiger partial charge in [0.15, 0.2) is 0 Å². The van der Waals surface area contributed by atoms with E-state index in [2.05, 4.69) is 36.5 Å². The Kier molecular flexibility index (Phi) is 3.54. The van der Waals surface area contributed by atoms with Crippen LogP contribution in [0.3, 0.4) is 0 Å². The Hall–Kier alpha value is -1.73. The Morgan fingerprint density at radius 1 is 1.25 bits per heavy atom. The second-order valence-electron chi connectivity index (χ2n) is 4.03. The van der Waals surface area contributed by atoms with E-state index in [-0.39, 0.29) is 5.82 Å². The number of rotatable bonds is 3. The van der Waals surface area contributed by atoms with E-state index in [0.717, 1.165) is 10.2 Å². The third kappa shape index (κ3) is 2.46. The predicted molar refractivity (Wildman–Crippen MR) is 84.3 cm³/mol. The van der Waals surface area contributed by atoms with Crippen LogP contribution in [0.25, 0.3) is 10.2 Å². The second-order valence-corrected chi connectivity index (χ2v) is 5.84. The molecule has 0 fully saturated rings. The molecule has 7 heteroatoms. The van der Waals surface area contributed by atoms with Gasteiger partial charge in [0.1, 0.15) is 16.5 Å². The molecule has 0 atom stereocenters. The van der Waals surface area contributed by atoms with Crippen LogP contribution in [0, 0.1) is 5.82 Å². The molecule has 0 aliphatic heterocycles. The van der Waals surface area contributed by atoms with Gasteiger partial charge < -0.3 is 10.6 Å².